The standard InChI is InChI=1S/C23H29N5S2/c1-3-5-11-24-22(29)26-18-9-7-16-13-17-8-10-19(15-21(17)28-20(16)14-18)27-23(30)25-12-6-4-2/h7-10,13-15H,3-6,11-12H2,1-2H3,(H2,24,26,29)(H2,25,27,30). The van der Waals surface area contributed by atoms with Crippen LogP contribution in [0.15, 0.2) is 42.5 Å². The smallest absolute Gasteiger partial charge is 0.170 e. The number of thiocarbonyl (C=S) groups is 2. The third kappa shape index (κ3) is 6.24. The summed E-state index contributed by atoms with van der Waals surface area (Å²) in [7, 11) is 0. The minimum absolute atomic E-state index is 0.638. The lowest BCUT2D eigenvalue weighted by Gasteiger charge is -2.12. The number of pyridine rings is 1. The zero-order valence-corrected chi connectivity index (χ0v) is 19.2. The van der Waals surface area contributed by atoms with E-state index in [0.29, 0.717) is 10.2 Å². The summed E-state index contributed by atoms with van der Waals surface area (Å²) < 4.78 is 0. The summed E-state index contributed by atoms with van der Waals surface area (Å²) in [6.07, 6.45) is 4.47. The van der Waals surface area contributed by atoms with Gasteiger partial charge in [0.1, 0.15) is 0 Å². The fourth-order valence-corrected chi connectivity index (χ4v) is 3.53. The van der Waals surface area contributed by atoms with E-state index in [0.717, 1.165) is 72.0 Å². The predicted octanol–water partition coefficient (Wildman–Crippen LogP) is 5.56. The molecule has 5 nitrogen and oxygen atoms in total. The molecule has 0 radical (unpaired) electrons. The monoisotopic (exact) mass is 439 g/mol. The molecular weight excluding hydrogens is 410 g/mol. The van der Waals surface area contributed by atoms with E-state index in [1.54, 1.807) is 0 Å². The van der Waals surface area contributed by atoms with E-state index < -0.39 is 0 Å². The lowest BCUT2D eigenvalue weighted by Crippen LogP contribution is -2.29. The SMILES string of the molecule is CCCCNC(=S)Nc1ccc2cc3ccc(NC(=S)NCCCC)cc3nc2c1. The summed E-state index contributed by atoms with van der Waals surface area (Å²) in [6.45, 7) is 6.08. The molecule has 0 unspecified atom stereocenters. The number of rotatable bonds is 8. The van der Waals surface area contributed by atoms with Crippen LogP contribution in [0.3, 0.4) is 0 Å². The number of benzene rings is 2. The Morgan fingerprint density at radius 3 is 1.63 bits per heavy atom. The number of unbranched alkanes of at least 4 members (excludes halogenated alkanes) is 2. The van der Waals surface area contributed by atoms with E-state index >= 15 is 0 Å². The molecule has 0 spiro atoms. The van der Waals surface area contributed by atoms with E-state index in [1.807, 2.05) is 24.3 Å². The number of hydrogen-bond acceptors (Lipinski definition) is 3. The molecule has 7 heteroatoms. The van der Waals surface area contributed by atoms with Gasteiger partial charge in [0, 0.05) is 35.2 Å². The molecule has 30 heavy (non-hydrogen) atoms. The average molecular weight is 440 g/mol. The van der Waals surface area contributed by atoms with Crippen molar-refractivity contribution in [1.82, 2.24) is 15.6 Å². The van der Waals surface area contributed by atoms with Gasteiger partial charge in [0.15, 0.2) is 10.2 Å². The van der Waals surface area contributed by atoms with Crippen molar-refractivity contribution >= 4 is 67.8 Å². The molecule has 2 aromatic carbocycles. The van der Waals surface area contributed by atoms with Crippen molar-refractivity contribution in [3.8, 4) is 0 Å². The van der Waals surface area contributed by atoms with Crippen LogP contribution >= 0.6 is 24.4 Å². The van der Waals surface area contributed by atoms with Crippen molar-refractivity contribution in [2.75, 3.05) is 23.7 Å². The first-order chi connectivity index (χ1) is 14.6. The molecule has 0 saturated carbocycles. The van der Waals surface area contributed by atoms with Gasteiger partial charge in [-0.05, 0) is 67.6 Å². The van der Waals surface area contributed by atoms with Crippen molar-refractivity contribution in [2.45, 2.75) is 39.5 Å². The van der Waals surface area contributed by atoms with Gasteiger partial charge in [-0.25, -0.2) is 4.98 Å². The van der Waals surface area contributed by atoms with E-state index in [9.17, 15) is 0 Å². The Morgan fingerprint density at radius 1 is 0.733 bits per heavy atom. The van der Waals surface area contributed by atoms with Crippen LogP contribution in [0.5, 0.6) is 0 Å². The maximum atomic E-state index is 5.38. The Kier molecular flexibility index (Phi) is 8.16. The first-order valence-corrected chi connectivity index (χ1v) is 11.3. The second-order valence-corrected chi connectivity index (χ2v) is 8.09. The van der Waals surface area contributed by atoms with Gasteiger partial charge in [0.2, 0.25) is 0 Å². The van der Waals surface area contributed by atoms with Gasteiger partial charge in [-0.2, -0.15) is 0 Å². The second kappa shape index (κ2) is 11.0. The molecule has 158 valence electrons. The van der Waals surface area contributed by atoms with Gasteiger partial charge in [-0.1, -0.05) is 38.8 Å². The molecule has 0 fully saturated rings. The van der Waals surface area contributed by atoms with Crippen LogP contribution in [0.2, 0.25) is 0 Å². The summed E-state index contributed by atoms with van der Waals surface area (Å²) in [5.74, 6) is 0. The zero-order chi connectivity index (χ0) is 21.3. The fourth-order valence-electron chi connectivity index (χ4n) is 3.09. The van der Waals surface area contributed by atoms with Gasteiger partial charge in [-0.15, -0.1) is 0 Å². The third-order valence-corrected chi connectivity index (χ3v) is 5.25. The molecule has 1 aromatic heterocycles. The van der Waals surface area contributed by atoms with E-state index in [4.69, 9.17) is 29.4 Å². The van der Waals surface area contributed by atoms with E-state index in [1.165, 1.54) is 0 Å². The number of anilines is 2. The number of nitrogens with zero attached hydrogens (tertiary/aromatic N) is 1. The molecule has 0 aliphatic carbocycles. The lowest BCUT2D eigenvalue weighted by atomic mass is 10.1. The molecule has 4 N–H and O–H groups in total. The highest BCUT2D eigenvalue weighted by Crippen LogP contribution is 2.24. The van der Waals surface area contributed by atoms with Crippen LogP contribution < -0.4 is 21.3 Å². The normalized spacial score (nSPS) is 10.7. The number of aromatic nitrogens is 1. The largest absolute Gasteiger partial charge is 0.362 e. The highest BCUT2D eigenvalue weighted by Gasteiger charge is 2.05. The lowest BCUT2D eigenvalue weighted by molar-refractivity contribution is 0.758. The topological polar surface area (TPSA) is 61.0 Å². The first kappa shape index (κ1) is 22.2. The summed E-state index contributed by atoms with van der Waals surface area (Å²) in [4.78, 5) is 4.86. The quantitative estimate of drug-likeness (QED) is 0.208. The van der Waals surface area contributed by atoms with E-state index in [2.05, 4.69) is 53.3 Å². The van der Waals surface area contributed by atoms with Crippen LogP contribution in [-0.4, -0.2) is 28.3 Å². The molecule has 0 saturated heterocycles. The van der Waals surface area contributed by atoms with Crippen LogP contribution in [0, 0.1) is 0 Å². The number of nitrogens with one attached hydrogen (secondary N) is 4. The number of hydrogen-bond donors (Lipinski definition) is 4. The molecule has 0 aliphatic heterocycles. The van der Waals surface area contributed by atoms with Crippen molar-refractivity contribution in [2.24, 2.45) is 0 Å². The Hall–Kier alpha value is -2.51. The second-order valence-electron chi connectivity index (χ2n) is 7.27. The molecule has 3 aromatic rings. The highest BCUT2D eigenvalue weighted by molar-refractivity contribution is 7.80. The molecule has 0 atom stereocenters. The van der Waals surface area contributed by atoms with Crippen molar-refractivity contribution in [3.05, 3.63) is 42.5 Å². The minimum atomic E-state index is 0.638. The van der Waals surface area contributed by atoms with Gasteiger partial charge in [0.05, 0.1) is 11.0 Å². The first-order valence-electron chi connectivity index (χ1n) is 10.5. The average Bonchev–Trinajstić information content (AvgIpc) is 2.72. The van der Waals surface area contributed by atoms with Crippen molar-refractivity contribution in [1.29, 1.82) is 0 Å². The van der Waals surface area contributed by atoms with Gasteiger partial charge in [0.25, 0.3) is 0 Å². The van der Waals surface area contributed by atoms with Crippen LogP contribution in [0.25, 0.3) is 21.8 Å². The Labute approximate surface area is 189 Å². The Morgan fingerprint density at radius 2 is 1.20 bits per heavy atom. The third-order valence-electron chi connectivity index (χ3n) is 4.76. The molecule has 1 heterocycles. The summed E-state index contributed by atoms with van der Waals surface area (Å²) in [5.41, 5.74) is 3.70. The maximum absolute atomic E-state index is 5.38. The maximum Gasteiger partial charge on any atom is 0.170 e. The predicted molar refractivity (Wildman–Crippen MR) is 138 cm³/mol. The fraction of sp³-hybridized carbons (Fsp3) is 0.348. The van der Waals surface area contributed by atoms with Crippen LogP contribution in [-0.2, 0) is 0 Å². The summed E-state index contributed by atoms with van der Waals surface area (Å²) in [5, 5.41) is 16.4. The molecule has 0 aliphatic rings. The Balaban J connectivity index is 1.75. The van der Waals surface area contributed by atoms with Gasteiger partial charge < -0.3 is 21.3 Å². The van der Waals surface area contributed by atoms with E-state index in [-0.39, 0.29) is 0 Å². The molecule has 0 bridgehead atoms. The van der Waals surface area contributed by atoms with Crippen molar-refractivity contribution in [3.63, 3.8) is 0 Å². The molecular formula is C23H29N5S2. The number of fused-ring (bicyclic) bond motifs is 2. The molecule has 3 rings (SSSR count). The van der Waals surface area contributed by atoms with Crippen LogP contribution in [0.1, 0.15) is 39.5 Å². The van der Waals surface area contributed by atoms with Gasteiger partial charge in [-0.3, -0.25) is 0 Å². The zero-order valence-electron chi connectivity index (χ0n) is 17.5. The van der Waals surface area contributed by atoms with Crippen LogP contribution in [0.4, 0.5) is 11.4 Å². The summed E-state index contributed by atoms with van der Waals surface area (Å²) in [6, 6.07) is 14.4. The minimum Gasteiger partial charge on any atom is -0.362 e. The summed E-state index contributed by atoms with van der Waals surface area (Å²) >= 11 is 10.8. The highest BCUT2D eigenvalue weighted by atomic mass is 32.1. The van der Waals surface area contributed by atoms with Gasteiger partial charge >= 0.3 is 0 Å². The van der Waals surface area contributed by atoms with Crippen molar-refractivity contribution < 1.29 is 0 Å². The molecule has 0 amide bonds. The Bertz CT molecular complexity index is 956.